The molecule has 1 unspecified atom stereocenters. The lowest BCUT2D eigenvalue weighted by Gasteiger charge is -2.25. The van der Waals surface area contributed by atoms with Gasteiger partial charge >= 0.3 is 17.7 Å². The van der Waals surface area contributed by atoms with E-state index < -0.39 is 23.4 Å². The first-order valence-corrected chi connectivity index (χ1v) is 6.60. The average molecular weight is 307 g/mol. The van der Waals surface area contributed by atoms with Crippen LogP contribution in [0.1, 0.15) is 43.8 Å². The predicted octanol–water partition coefficient (Wildman–Crippen LogP) is 1.71. The van der Waals surface area contributed by atoms with E-state index in [-0.39, 0.29) is 6.04 Å². The number of ether oxygens (including phenoxy) is 1. The number of hydrogen-bond donors (Lipinski definition) is 1. The second-order valence-corrected chi connectivity index (χ2v) is 5.08. The normalized spacial score (nSPS) is 20.0. The molecule has 0 saturated heterocycles. The lowest BCUT2D eigenvalue weighted by Crippen LogP contribution is -2.50. The Balaban J connectivity index is 2.34. The number of hydrogen-bond acceptors (Lipinski definition) is 5. The molecule has 0 bridgehead atoms. The third-order valence-corrected chi connectivity index (χ3v) is 3.72. The fourth-order valence-corrected chi connectivity index (χ4v) is 2.48. The maximum atomic E-state index is 13.1. The first-order chi connectivity index (χ1) is 9.80. The van der Waals surface area contributed by atoms with Crippen LogP contribution in [0.5, 0.6) is 0 Å². The van der Waals surface area contributed by atoms with Crippen molar-refractivity contribution >= 4 is 5.97 Å². The third-order valence-electron chi connectivity index (χ3n) is 3.72. The summed E-state index contributed by atoms with van der Waals surface area (Å²) in [6.45, 7) is 0. The van der Waals surface area contributed by atoms with Crippen molar-refractivity contribution in [1.29, 1.82) is 0 Å². The van der Waals surface area contributed by atoms with Gasteiger partial charge in [0.1, 0.15) is 5.69 Å². The maximum Gasteiger partial charge on any atom is 0.434 e. The van der Waals surface area contributed by atoms with E-state index in [1.54, 1.807) is 0 Å². The minimum absolute atomic E-state index is 0.0601. The van der Waals surface area contributed by atoms with Crippen LogP contribution in [0.2, 0.25) is 0 Å². The summed E-state index contributed by atoms with van der Waals surface area (Å²) >= 11 is 0. The van der Waals surface area contributed by atoms with Crippen LogP contribution in [0.3, 0.4) is 0 Å². The minimum atomic E-state index is -5.24. The standard InChI is InChI=1S/C12H16F3N3O3/c1-21-10(19)11(20,12(13,14)15)9-7-18(17-16-9)8-5-3-2-4-6-8/h7-8,20H,2-6H2,1H3. The van der Waals surface area contributed by atoms with Crippen LogP contribution in [-0.2, 0) is 15.1 Å². The van der Waals surface area contributed by atoms with Crippen LogP contribution in [0.4, 0.5) is 13.2 Å². The Kier molecular flexibility index (Phi) is 4.22. The molecule has 1 atom stereocenters. The molecule has 0 aliphatic heterocycles. The number of rotatable bonds is 3. The van der Waals surface area contributed by atoms with E-state index in [9.17, 15) is 23.1 Å². The van der Waals surface area contributed by atoms with Gasteiger partial charge in [-0.15, -0.1) is 5.10 Å². The highest BCUT2D eigenvalue weighted by molar-refractivity contribution is 5.81. The van der Waals surface area contributed by atoms with Crippen molar-refractivity contribution in [2.75, 3.05) is 7.11 Å². The topological polar surface area (TPSA) is 77.2 Å². The average Bonchev–Trinajstić information content (AvgIpc) is 2.95. The van der Waals surface area contributed by atoms with Gasteiger partial charge in [0.05, 0.1) is 19.3 Å². The highest BCUT2D eigenvalue weighted by Gasteiger charge is 2.64. The van der Waals surface area contributed by atoms with E-state index in [1.165, 1.54) is 4.68 Å². The predicted molar refractivity (Wildman–Crippen MR) is 64.1 cm³/mol. The molecule has 21 heavy (non-hydrogen) atoms. The van der Waals surface area contributed by atoms with E-state index in [0.29, 0.717) is 0 Å². The number of nitrogens with zero attached hydrogens (tertiary/aromatic N) is 3. The van der Waals surface area contributed by atoms with Crippen LogP contribution < -0.4 is 0 Å². The molecule has 1 N–H and O–H groups in total. The number of aromatic nitrogens is 3. The van der Waals surface area contributed by atoms with Gasteiger partial charge in [-0.25, -0.2) is 9.48 Å². The lowest BCUT2D eigenvalue weighted by atomic mass is 9.95. The van der Waals surface area contributed by atoms with Crippen LogP contribution >= 0.6 is 0 Å². The molecule has 6 nitrogen and oxygen atoms in total. The molecule has 0 spiro atoms. The van der Waals surface area contributed by atoms with Crippen LogP contribution in [0.15, 0.2) is 6.20 Å². The van der Waals surface area contributed by atoms with Gasteiger partial charge in [-0.1, -0.05) is 24.5 Å². The molecule has 1 aromatic rings. The number of aliphatic hydroxyl groups is 1. The van der Waals surface area contributed by atoms with Crippen molar-refractivity contribution < 1.29 is 27.8 Å². The quantitative estimate of drug-likeness (QED) is 0.860. The minimum Gasteiger partial charge on any atom is -0.466 e. The molecule has 1 aliphatic rings. The van der Waals surface area contributed by atoms with Crippen molar-refractivity contribution in [3.63, 3.8) is 0 Å². The molecule has 1 aliphatic carbocycles. The van der Waals surface area contributed by atoms with Gasteiger partial charge in [0.2, 0.25) is 0 Å². The fraction of sp³-hybridized carbons (Fsp3) is 0.750. The molecule has 0 radical (unpaired) electrons. The lowest BCUT2D eigenvalue weighted by molar-refractivity contribution is -0.268. The highest BCUT2D eigenvalue weighted by atomic mass is 19.4. The van der Waals surface area contributed by atoms with Gasteiger partial charge in [-0.05, 0) is 12.8 Å². The molecule has 1 fully saturated rings. The van der Waals surface area contributed by atoms with Gasteiger partial charge in [-0.2, -0.15) is 13.2 Å². The second-order valence-electron chi connectivity index (χ2n) is 5.08. The molecule has 0 amide bonds. The Morgan fingerprint density at radius 3 is 2.52 bits per heavy atom. The molecule has 0 aromatic carbocycles. The monoisotopic (exact) mass is 307 g/mol. The zero-order chi connectivity index (χ0) is 15.7. The third kappa shape index (κ3) is 2.74. The zero-order valence-electron chi connectivity index (χ0n) is 11.4. The number of carbonyl (C=O) groups excluding carboxylic acids is 1. The first-order valence-electron chi connectivity index (χ1n) is 6.60. The summed E-state index contributed by atoms with van der Waals surface area (Å²) < 4.78 is 44.5. The van der Waals surface area contributed by atoms with Gasteiger partial charge in [-0.3, -0.25) is 0 Å². The molecular formula is C12H16F3N3O3. The highest BCUT2D eigenvalue weighted by Crippen LogP contribution is 2.39. The van der Waals surface area contributed by atoms with Crippen molar-refractivity contribution in [3.05, 3.63) is 11.9 Å². The van der Waals surface area contributed by atoms with Crippen molar-refractivity contribution in [3.8, 4) is 0 Å². The molecule has 1 saturated carbocycles. The summed E-state index contributed by atoms with van der Waals surface area (Å²) in [6.07, 6.45) is 0.290. The summed E-state index contributed by atoms with van der Waals surface area (Å²) in [4.78, 5) is 11.4. The van der Waals surface area contributed by atoms with Gasteiger partial charge < -0.3 is 9.84 Å². The Labute approximate surface area is 118 Å². The summed E-state index contributed by atoms with van der Waals surface area (Å²) in [5.41, 5.74) is -4.67. The van der Waals surface area contributed by atoms with Crippen molar-refractivity contribution in [2.45, 2.75) is 49.9 Å². The van der Waals surface area contributed by atoms with Crippen LogP contribution in [0.25, 0.3) is 0 Å². The molecular weight excluding hydrogens is 291 g/mol. The number of esters is 1. The second kappa shape index (κ2) is 5.63. The Morgan fingerprint density at radius 2 is 2.00 bits per heavy atom. The van der Waals surface area contributed by atoms with Gasteiger partial charge in [0, 0.05) is 0 Å². The van der Waals surface area contributed by atoms with E-state index in [4.69, 9.17) is 0 Å². The van der Waals surface area contributed by atoms with E-state index >= 15 is 0 Å². The van der Waals surface area contributed by atoms with E-state index in [1.807, 2.05) is 0 Å². The summed E-state index contributed by atoms with van der Waals surface area (Å²) in [5, 5.41) is 16.8. The smallest absolute Gasteiger partial charge is 0.434 e. The largest absolute Gasteiger partial charge is 0.466 e. The molecule has 1 heterocycles. The summed E-state index contributed by atoms with van der Waals surface area (Å²) in [5.74, 6) is -1.83. The summed E-state index contributed by atoms with van der Waals surface area (Å²) in [7, 11) is 0.768. The molecule has 2 rings (SSSR count). The molecule has 1 aromatic heterocycles. The van der Waals surface area contributed by atoms with Crippen LogP contribution in [-0.4, -0.2) is 39.4 Å². The Morgan fingerprint density at radius 1 is 1.38 bits per heavy atom. The maximum absolute atomic E-state index is 13.1. The SMILES string of the molecule is COC(=O)C(O)(c1cn(C2CCCCC2)nn1)C(F)(F)F. The molecule has 118 valence electrons. The summed E-state index contributed by atoms with van der Waals surface area (Å²) in [6, 6.07) is -0.0601. The molecule has 9 heteroatoms. The number of carbonyl (C=O) groups is 1. The van der Waals surface area contributed by atoms with Crippen molar-refractivity contribution in [1.82, 2.24) is 15.0 Å². The van der Waals surface area contributed by atoms with E-state index in [0.717, 1.165) is 45.4 Å². The van der Waals surface area contributed by atoms with E-state index in [2.05, 4.69) is 15.0 Å². The first kappa shape index (κ1) is 15.7. The van der Waals surface area contributed by atoms with Crippen molar-refractivity contribution in [2.24, 2.45) is 0 Å². The number of methoxy groups -OCH3 is 1. The van der Waals surface area contributed by atoms with Gasteiger partial charge in [0.15, 0.2) is 0 Å². The van der Waals surface area contributed by atoms with Crippen LogP contribution in [0, 0.1) is 0 Å². The Hall–Kier alpha value is -1.64. The number of halogens is 3. The number of alkyl halides is 3. The zero-order valence-corrected chi connectivity index (χ0v) is 11.4. The van der Waals surface area contributed by atoms with Gasteiger partial charge in [0.25, 0.3) is 0 Å². The Bertz CT molecular complexity index is 511. The fourth-order valence-electron chi connectivity index (χ4n) is 2.48.